The number of amides is 1. The Labute approximate surface area is 110 Å². The zero-order chi connectivity index (χ0) is 13.6. The van der Waals surface area contributed by atoms with Crippen LogP contribution in [0.25, 0.3) is 0 Å². The zero-order valence-corrected chi connectivity index (χ0v) is 12.1. The second-order valence-electron chi connectivity index (χ2n) is 5.03. The Kier molecular flexibility index (Phi) is 5.59. The molecule has 6 heteroatoms. The third kappa shape index (κ3) is 3.95. The molecule has 5 nitrogen and oxygen atoms in total. The van der Waals surface area contributed by atoms with E-state index in [2.05, 4.69) is 10.0 Å². The summed E-state index contributed by atoms with van der Waals surface area (Å²) in [5, 5.41) is 3.21. The van der Waals surface area contributed by atoms with Crippen LogP contribution in [0, 0.1) is 5.41 Å². The maximum Gasteiger partial charge on any atom is 0.239 e. The van der Waals surface area contributed by atoms with Crippen LogP contribution in [0.15, 0.2) is 0 Å². The van der Waals surface area contributed by atoms with Gasteiger partial charge >= 0.3 is 0 Å². The topological polar surface area (TPSA) is 75.3 Å². The van der Waals surface area contributed by atoms with Crippen LogP contribution in [0.4, 0.5) is 0 Å². The van der Waals surface area contributed by atoms with Crippen molar-refractivity contribution in [1.82, 2.24) is 10.0 Å². The van der Waals surface area contributed by atoms with E-state index in [1.165, 1.54) is 0 Å². The predicted octanol–water partition coefficient (Wildman–Crippen LogP) is 1.01. The molecule has 1 heterocycles. The molecule has 2 N–H and O–H groups in total. The maximum absolute atomic E-state index is 12.3. The largest absolute Gasteiger partial charge is 0.317 e. The van der Waals surface area contributed by atoms with Crippen molar-refractivity contribution in [2.24, 2.45) is 5.41 Å². The van der Waals surface area contributed by atoms with Crippen LogP contribution in [-0.4, -0.2) is 33.2 Å². The first-order valence-corrected chi connectivity index (χ1v) is 8.36. The fraction of sp³-hybridized carbons (Fsp3) is 0.917. The first-order chi connectivity index (χ1) is 8.46. The SMILES string of the molecule is CCCC1(C(=O)NS(=O)(=O)CCC)CCNCC1. The number of sulfonamides is 1. The van der Waals surface area contributed by atoms with Gasteiger partial charge in [0.15, 0.2) is 0 Å². The fourth-order valence-corrected chi connectivity index (χ4v) is 3.68. The summed E-state index contributed by atoms with van der Waals surface area (Å²) in [5.41, 5.74) is -0.499. The van der Waals surface area contributed by atoms with E-state index in [9.17, 15) is 13.2 Å². The van der Waals surface area contributed by atoms with Gasteiger partial charge in [-0.2, -0.15) is 0 Å². The molecule has 0 aliphatic carbocycles. The lowest BCUT2D eigenvalue weighted by molar-refractivity contribution is -0.131. The molecule has 1 rings (SSSR count). The molecule has 1 fully saturated rings. The van der Waals surface area contributed by atoms with Crippen molar-refractivity contribution in [3.05, 3.63) is 0 Å². The number of piperidine rings is 1. The Balaban J connectivity index is 2.77. The molecule has 0 radical (unpaired) electrons. The van der Waals surface area contributed by atoms with E-state index >= 15 is 0 Å². The summed E-state index contributed by atoms with van der Waals surface area (Å²) < 4.78 is 25.6. The molecule has 106 valence electrons. The van der Waals surface area contributed by atoms with Gasteiger partial charge in [0.1, 0.15) is 0 Å². The monoisotopic (exact) mass is 276 g/mol. The van der Waals surface area contributed by atoms with E-state index in [0.717, 1.165) is 25.9 Å². The molecule has 1 amide bonds. The fourth-order valence-electron chi connectivity index (χ4n) is 2.54. The highest BCUT2D eigenvalue weighted by Gasteiger charge is 2.39. The number of hydrogen-bond acceptors (Lipinski definition) is 4. The van der Waals surface area contributed by atoms with Gasteiger partial charge in [0.2, 0.25) is 15.9 Å². The molecule has 1 aliphatic rings. The van der Waals surface area contributed by atoms with Gasteiger partial charge < -0.3 is 5.32 Å². The highest BCUT2D eigenvalue weighted by atomic mass is 32.2. The molecule has 0 aromatic heterocycles. The zero-order valence-electron chi connectivity index (χ0n) is 11.3. The van der Waals surface area contributed by atoms with Gasteiger partial charge in [0.05, 0.1) is 11.2 Å². The van der Waals surface area contributed by atoms with Gasteiger partial charge in [-0.1, -0.05) is 20.3 Å². The van der Waals surface area contributed by atoms with E-state index in [4.69, 9.17) is 0 Å². The molecule has 0 saturated carbocycles. The van der Waals surface area contributed by atoms with E-state index in [1.54, 1.807) is 6.92 Å². The predicted molar refractivity (Wildman–Crippen MR) is 71.7 cm³/mol. The smallest absolute Gasteiger partial charge is 0.239 e. The molecule has 18 heavy (non-hydrogen) atoms. The number of carbonyl (C=O) groups excluding carboxylic acids is 1. The maximum atomic E-state index is 12.3. The van der Waals surface area contributed by atoms with Crippen LogP contribution >= 0.6 is 0 Å². The molecule has 1 aliphatic heterocycles. The lowest BCUT2D eigenvalue weighted by Gasteiger charge is -2.35. The highest BCUT2D eigenvalue weighted by Crippen LogP contribution is 2.34. The Morgan fingerprint density at radius 3 is 2.33 bits per heavy atom. The van der Waals surface area contributed by atoms with E-state index < -0.39 is 15.4 Å². The number of hydrogen-bond donors (Lipinski definition) is 2. The summed E-state index contributed by atoms with van der Waals surface area (Å²) in [7, 11) is -3.46. The Morgan fingerprint density at radius 1 is 1.22 bits per heavy atom. The van der Waals surface area contributed by atoms with Gasteiger partial charge in [0.25, 0.3) is 0 Å². The lowest BCUT2D eigenvalue weighted by Crippen LogP contribution is -2.49. The molecule has 0 spiro atoms. The number of nitrogens with one attached hydrogen (secondary N) is 2. The lowest BCUT2D eigenvalue weighted by atomic mass is 9.75. The molecular weight excluding hydrogens is 252 g/mol. The van der Waals surface area contributed by atoms with Crippen LogP contribution in [0.2, 0.25) is 0 Å². The van der Waals surface area contributed by atoms with Crippen molar-refractivity contribution in [3.63, 3.8) is 0 Å². The molecule has 0 aromatic rings. The minimum atomic E-state index is -3.46. The summed E-state index contributed by atoms with van der Waals surface area (Å²) in [4.78, 5) is 12.3. The molecular formula is C12H24N2O3S. The van der Waals surface area contributed by atoms with Crippen molar-refractivity contribution in [3.8, 4) is 0 Å². The van der Waals surface area contributed by atoms with Crippen LogP contribution in [0.1, 0.15) is 46.0 Å². The Hall–Kier alpha value is -0.620. The van der Waals surface area contributed by atoms with Crippen molar-refractivity contribution in [2.75, 3.05) is 18.8 Å². The number of carbonyl (C=O) groups is 1. The molecule has 0 unspecified atom stereocenters. The standard InChI is InChI=1S/C12H24N2O3S/c1-3-5-12(6-8-13-9-7-12)11(15)14-18(16,17)10-4-2/h13H,3-10H2,1-2H3,(H,14,15). The van der Waals surface area contributed by atoms with Crippen molar-refractivity contribution in [1.29, 1.82) is 0 Å². The first-order valence-electron chi connectivity index (χ1n) is 6.71. The van der Waals surface area contributed by atoms with Crippen LogP contribution in [0.5, 0.6) is 0 Å². The minimum absolute atomic E-state index is 0.0131. The first kappa shape index (κ1) is 15.4. The normalized spacial score (nSPS) is 19.4. The van der Waals surface area contributed by atoms with Gasteiger partial charge in [-0.3, -0.25) is 9.52 Å². The van der Waals surface area contributed by atoms with Gasteiger partial charge in [-0.15, -0.1) is 0 Å². The van der Waals surface area contributed by atoms with E-state index in [-0.39, 0.29) is 11.7 Å². The molecule has 1 saturated heterocycles. The summed E-state index contributed by atoms with van der Waals surface area (Å²) in [5.74, 6) is -0.293. The Morgan fingerprint density at radius 2 is 1.83 bits per heavy atom. The van der Waals surface area contributed by atoms with Crippen molar-refractivity contribution < 1.29 is 13.2 Å². The third-order valence-corrected chi connectivity index (χ3v) is 4.93. The highest BCUT2D eigenvalue weighted by molar-refractivity contribution is 7.90. The third-order valence-electron chi connectivity index (χ3n) is 3.49. The quantitative estimate of drug-likeness (QED) is 0.759. The molecule has 0 bridgehead atoms. The van der Waals surface area contributed by atoms with Crippen LogP contribution in [-0.2, 0) is 14.8 Å². The van der Waals surface area contributed by atoms with Crippen molar-refractivity contribution >= 4 is 15.9 Å². The second-order valence-corrected chi connectivity index (χ2v) is 6.87. The molecule has 0 aromatic carbocycles. The summed E-state index contributed by atoms with van der Waals surface area (Å²) in [6.07, 6.45) is 3.59. The average Bonchev–Trinajstić information content (AvgIpc) is 2.29. The molecule has 0 atom stereocenters. The second kappa shape index (κ2) is 6.52. The summed E-state index contributed by atoms with van der Waals surface area (Å²) >= 11 is 0. The van der Waals surface area contributed by atoms with Gasteiger partial charge in [-0.25, -0.2) is 8.42 Å². The minimum Gasteiger partial charge on any atom is -0.317 e. The van der Waals surface area contributed by atoms with E-state index in [0.29, 0.717) is 19.3 Å². The van der Waals surface area contributed by atoms with Crippen LogP contribution < -0.4 is 10.0 Å². The van der Waals surface area contributed by atoms with E-state index in [1.807, 2.05) is 6.92 Å². The summed E-state index contributed by atoms with van der Waals surface area (Å²) in [6, 6.07) is 0. The van der Waals surface area contributed by atoms with Gasteiger partial charge in [-0.05, 0) is 38.8 Å². The summed E-state index contributed by atoms with van der Waals surface area (Å²) in [6.45, 7) is 5.37. The van der Waals surface area contributed by atoms with Crippen LogP contribution in [0.3, 0.4) is 0 Å². The van der Waals surface area contributed by atoms with Gasteiger partial charge in [0, 0.05) is 0 Å². The Bertz CT molecular complexity index is 367. The average molecular weight is 276 g/mol. The van der Waals surface area contributed by atoms with Crippen molar-refractivity contribution in [2.45, 2.75) is 46.0 Å². The number of rotatable bonds is 6.